The molecule has 3 heterocycles. The largest absolute Gasteiger partial charge is 0.349 e. The van der Waals surface area contributed by atoms with Crippen LogP contribution >= 0.6 is 0 Å². The summed E-state index contributed by atoms with van der Waals surface area (Å²) in [5.41, 5.74) is 2.36. The molecule has 1 aromatic carbocycles. The smallest absolute Gasteiger partial charge is 0.282 e. The highest BCUT2D eigenvalue weighted by atomic mass is 32.2. The van der Waals surface area contributed by atoms with Crippen LogP contribution in [0.25, 0.3) is 0 Å². The first-order valence-corrected chi connectivity index (χ1v) is 10.1. The van der Waals surface area contributed by atoms with Gasteiger partial charge in [0.05, 0.1) is 19.3 Å². The van der Waals surface area contributed by atoms with Crippen molar-refractivity contribution >= 4 is 10.2 Å². The number of benzene rings is 1. The quantitative estimate of drug-likeness (QED) is 0.828. The van der Waals surface area contributed by atoms with E-state index in [1.165, 1.54) is 5.56 Å². The number of ether oxygens (including phenoxy) is 2. The van der Waals surface area contributed by atoms with Gasteiger partial charge in [-0.3, -0.25) is 0 Å². The monoisotopic (exact) mass is 352 g/mol. The fourth-order valence-electron chi connectivity index (χ4n) is 3.90. The van der Waals surface area contributed by atoms with Gasteiger partial charge >= 0.3 is 0 Å². The normalized spacial score (nSPS) is 27.2. The van der Waals surface area contributed by atoms with Gasteiger partial charge in [-0.25, -0.2) is 0 Å². The molecule has 0 spiro atoms. The Balaban J connectivity index is 1.57. The maximum Gasteiger partial charge on any atom is 0.282 e. The zero-order valence-electron chi connectivity index (χ0n) is 13.8. The van der Waals surface area contributed by atoms with Crippen molar-refractivity contribution in [3.8, 4) is 0 Å². The van der Waals surface area contributed by atoms with Gasteiger partial charge in [0, 0.05) is 19.6 Å². The summed E-state index contributed by atoms with van der Waals surface area (Å²) >= 11 is 0. The lowest BCUT2D eigenvalue weighted by molar-refractivity contribution is -0.0922. The molecule has 2 saturated heterocycles. The third kappa shape index (κ3) is 2.99. The molecule has 0 bridgehead atoms. The van der Waals surface area contributed by atoms with E-state index in [0.717, 1.165) is 31.2 Å². The van der Waals surface area contributed by atoms with Gasteiger partial charge in [0.1, 0.15) is 0 Å². The van der Waals surface area contributed by atoms with Crippen molar-refractivity contribution in [3.63, 3.8) is 0 Å². The Kier molecular flexibility index (Phi) is 4.62. The van der Waals surface area contributed by atoms with Crippen molar-refractivity contribution in [1.82, 2.24) is 8.61 Å². The highest BCUT2D eigenvalue weighted by molar-refractivity contribution is 7.86. The number of hydrogen-bond acceptors (Lipinski definition) is 4. The molecule has 1 unspecified atom stereocenters. The van der Waals surface area contributed by atoms with Crippen LogP contribution in [0.15, 0.2) is 24.3 Å². The number of fused-ring (bicyclic) bond motifs is 1. The Bertz CT molecular complexity index is 688. The predicted molar refractivity (Wildman–Crippen MR) is 89.5 cm³/mol. The highest BCUT2D eigenvalue weighted by Gasteiger charge is 2.42. The van der Waals surface area contributed by atoms with Crippen molar-refractivity contribution in [2.24, 2.45) is 0 Å². The first-order chi connectivity index (χ1) is 11.7. The molecule has 0 radical (unpaired) electrons. The van der Waals surface area contributed by atoms with Crippen LogP contribution in [0.5, 0.6) is 0 Å². The van der Waals surface area contributed by atoms with Crippen LogP contribution < -0.4 is 0 Å². The van der Waals surface area contributed by atoms with E-state index in [1.807, 2.05) is 18.2 Å². The molecule has 3 aliphatic rings. The second-order valence-electron chi connectivity index (χ2n) is 6.64. The minimum atomic E-state index is -3.51. The molecular weight excluding hydrogens is 328 g/mol. The minimum Gasteiger partial charge on any atom is -0.349 e. The van der Waals surface area contributed by atoms with Crippen molar-refractivity contribution in [1.29, 1.82) is 0 Å². The Labute approximate surface area is 143 Å². The van der Waals surface area contributed by atoms with Crippen molar-refractivity contribution < 1.29 is 17.9 Å². The molecule has 7 heteroatoms. The molecule has 0 aromatic heterocycles. The van der Waals surface area contributed by atoms with Gasteiger partial charge < -0.3 is 9.47 Å². The number of nitrogens with zero attached hydrogens (tertiary/aromatic N) is 2. The molecule has 0 N–H and O–H groups in total. The molecule has 1 atom stereocenters. The summed E-state index contributed by atoms with van der Waals surface area (Å²) in [5, 5.41) is 0. The van der Waals surface area contributed by atoms with Crippen LogP contribution in [-0.2, 0) is 32.6 Å². The fourth-order valence-corrected chi connectivity index (χ4v) is 5.73. The SMILES string of the molecule is O=S(=O)(N1CCc2ccccc2C1)N1CCCCC1C1OCCO1. The lowest BCUT2D eigenvalue weighted by atomic mass is 10.0. The average molecular weight is 352 g/mol. The van der Waals surface area contributed by atoms with E-state index in [0.29, 0.717) is 32.8 Å². The number of piperidine rings is 1. The Morgan fingerprint density at radius 1 is 1.00 bits per heavy atom. The molecular formula is C17H24N2O4S. The van der Waals surface area contributed by atoms with E-state index >= 15 is 0 Å². The van der Waals surface area contributed by atoms with Crippen molar-refractivity contribution in [2.45, 2.75) is 44.6 Å². The Morgan fingerprint density at radius 3 is 2.54 bits per heavy atom. The Hall–Kier alpha value is -0.990. The molecule has 132 valence electrons. The van der Waals surface area contributed by atoms with Gasteiger partial charge in [-0.1, -0.05) is 30.7 Å². The first kappa shape index (κ1) is 16.5. The fraction of sp³-hybridized carbons (Fsp3) is 0.647. The molecule has 0 aliphatic carbocycles. The van der Waals surface area contributed by atoms with Crippen LogP contribution in [0.1, 0.15) is 30.4 Å². The van der Waals surface area contributed by atoms with E-state index in [9.17, 15) is 8.42 Å². The van der Waals surface area contributed by atoms with Crippen LogP contribution in [0.2, 0.25) is 0 Å². The molecule has 3 aliphatic heterocycles. The van der Waals surface area contributed by atoms with Crippen LogP contribution in [-0.4, -0.2) is 55.7 Å². The van der Waals surface area contributed by atoms with E-state index in [1.54, 1.807) is 8.61 Å². The van der Waals surface area contributed by atoms with E-state index in [2.05, 4.69) is 6.07 Å². The summed E-state index contributed by atoms with van der Waals surface area (Å²) in [6.07, 6.45) is 3.06. The zero-order valence-corrected chi connectivity index (χ0v) is 14.6. The minimum absolute atomic E-state index is 0.205. The molecule has 1 aromatic rings. The summed E-state index contributed by atoms with van der Waals surface area (Å²) < 4.78 is 41.0. The molecule has 2 fully saturated rings. The lowest BCUT2D eigenvalue weighted by Crippen LogP contribution is -2.55. The molecule has 6 nitrogen and oxygen atoms in total. The average Bonchev–Trinajstić information content (AvgIpc) is 3.16. The van der Waals surface area contributed by atoms with E-state index in [-0.39, 0.29) is 6.04 Å². The lowest BCUT2D eigenvalue weighted by Gasteiger charge is -2.40. The van der Waals surface area contributed by atoms with Gasteiger partial charge in [-0.2, -0.15) is 17.0 Å². The van der Waals surface area contributed by atoms with Gasteiger partial charge in [0.25, 0.3) is 10.2 Å². The molecule has 24 heavy (non-hydrogen) atoms. The second-order valence-corrected chi connectivity index (χ2v) is 8.52. The highest BCUT2D eigenvalue weighted by Crippen LogP contribution is 2.30. The van der Waals surface area contributed by atoms with Crippen LogP contribution in [0, 0.1) is 0 Å². The summed E-state index contributed by atoms with van der Waals surface area (Å²) in [5.74, 6) is 0. The van der Waals surface area contributed by atoms with Gasteiger partial charge in [-0.05, 0) is 30.4 Å². The summed E-state index contributed by atoms with van der Waals surface area (Å²) in [6.45, 7) is 2.63. The maximum absolute atomic E-state index is 13.3. The third-order valence-corrected chi connectivity index (χ3v) is 7.19. The maximum atomic E-state index is 13.3. The third-order valence-electron chi connectivity index (χ3n) is 5.18. The summed E-state index contributed by atoms with van der Waals surface area (Å²) in [7, 11) is -3.51. The van der Waals surface area contributed by atoms with Crippen LogP contribution in [0.3, 0.4) is 0 Å². The first-order valence-electron chi connectivity index (χ1n) is 8.73. The zero-order chi connectivity index (χ0) is 16.6. The number of rotatable bonds is 3. The summed E-state index contributed by atoms with van der Waals surface area (Å²) in [4.78, 5) is 0. The molecule has 0 amide bonds. The predicted octanol–water partition coefficient (Wildman–Crippen LogP) is 1.52. The molecule has 4 rings (SSSR count). The van der Waals surface area contributed by atoms with Gasteiger partial charge in [-0.15, -0.1) is 0 Å². The van der Waals surface area contributed by atoms with Gasteiger partial charge in [0.2, 0.25) is 0 Å². The number of hydrogen-bond donors (Lipinski definition) is 0. The molecule has 0 saturated carbocycles. The van der Waals surface area contributed by atoms with E-state index < -0.39 is 16.5 Å². The summed E-state index contributed by atoms with van der Waals surface area (Å²) in [6, 6.07) is 7.89. The topological polar surface area (TPSA) is 59.1 Å². The van der Waals surface area contributed by atoms with Crippen LogP contribution in [0.4, 0.5) is 0 Å². The van der Waals surface area contributed by atoms with Crippen molar-refractivity contribution in [2.75, 3.05) is 26.3 Å². The van der Waals surface area contributed by atoms with Crippen molar-refractivity contribution in [3.05, 3.63) is 35.4 Å². The van der Waals surface area contributed by atoms with Gasteiger partial charge in [0.15, 0.2) is 6.29 Å². The standard InChI is InChI=1S/C17H24N2O4S/c20-24(21,18-10-8-14-5-1-2-6-15(14)13-18)19-9-4-3-7-16(19)17-22-11-12-23-17/h1-2,5-6,16-17H,3-4,7-13H2. The second kappa shape index (κ2) is 6.72. The Morgan fingerprint density at radius 2 is 1.75 bits per heavy atom. The van der Waals surface area contributed by atoms with E-state index in [4.69, 9.17) is 9.47 Å².